The van der Waals surface area contributed by atoms with E-state index in [9.17, 15) is 27.6 Å². The molecule has 57 heavy (non-hydrogen) atoms. The second kappa shape index (κ2) is 14.7. The van der Waals surface area contributed by atoms with Gasteiger partial charge in [-0.1, -0.05) is 24.3 Å². The molecule has 0 aliphatic carbocycles. The Balaban J connectivity index is 0.752. The molecule has 4 aromatic rings. The largest absolute Gasteiger partial charge is 0.369 e. The minimum Gasteiger partial charge on any atom is -0.369 e. The number of hydrogen-bond donors (Lipinski definition) is 3. The summed E-state index contributed by atoms with van der Waals surface area (Å²) in [6, 6.07) is 20.6. The number of carbonyl (C=O) groups excluding carboxylic acids is 4. The smallest absolute Gasteiger partial charge is 0.262 e. The SMILES string of the molecule is CS(=O)(=O)Nc1ccc(CCNc2nc(N3CC(N4CCN(C5CN(c6ccc7c(c6)C(=O)N(C6CCC(=O)NC6=O)C7=O)C5)CC4)C3)nc3ccccc23)cc1. The second-order valence-electron chi connectivity index (χ2n) is 15.5. The first-order valence-electron chi connectivity index (χ1n) is 19.4. The van der Waals surface area contributed by atoms with Gasteiger partial charge in [0.15, 0.2) is 0 Å². The van der Waals surface area contributed by atoms with Crippen molar-refractivity contribution in [1.29, 1.82) is 0 Å². The van der Waals surface area contributed by atoms with Crippen molar-refractivity contribution in [3.05, 3.63) is 83.4 Å². The van der Waals surface area contributed by atoms with Gasteiger partial charge < -0.3 is 15.1 Å². The van der Waals surface area contributed by atoms with Crippen molar-refractivity contribution in [2.24, 2.45) is 0 Å². The number of rotatable bonds is 11. The number of fused-ring (bicyclic) bond motifs is 2. The molecule has 16 nitrogen and oxygen atoms in total. The predicted molar refractivity (Wildman–Crippen MR) is 215 cm³/mol. The Morgan fingerprint density at radius 1 is 0.789 bits per heavy atom. The van der Waals surface area contributed by atoms with Crippen LogP contribution in [0.5, 0.6) is 0 Å². The van der Waals surface area contributed by atoms with Crippen LogP contribution < -0.4 is 25.2 Å². The van der Waals surface area contributed by atoms with Gasteiger partial charge in [-0.2, -0.15) is 4.98 Å². The number of carbonyl (C=O) groups is 4. The van der Waals surface area contributed by atoms with Gasteiger partial charge in [-0.25, -0.2) is 13.4 Å². The molecular formula is C40H44N10O6S. The van der Waals surface area contributed by atoms with E-state index in [0.717, 1.165) is 104 Å². The Morgan fingerprint density at radius 2 is 1.46 bits per heavy atom. The molecule has 0 radical (unpaired) electrons. The van der Waals surface area contributed by atoms with Crippen molar-refractivity contribution in [3.8, 4) is 0 Å². The summed E-state index contributed by atoms with van der Waals surface area (Å²) in [5, 5.41) is 6.73. The van der Waals surface area contributed by atoms with Crippen LogP contribution >= 0.6 is 0 Å². The summed E-state index contributed by atoms with van der Waals surface area (Å²) >= 11 is 0. The maximum absolute atomic E-state index is 13.3. The molecule has 5 aliphatic heterocycles. The van der Waals surface area contributed by atoms with Crippen molar-refractivity contribution >= 4 is 67.7 Å². The number of piperazine rings is 1. The molecule has 1 atom stereocenters. The number of nitrogens with one attached hydrogen (secondary N) is 3. The van der Waals surface area contributed by atoms with E-state index in [-0.39, 0.29) is 12.8 Å². The molecule has 0 saturated carbocycles. The fourth-order valence-corrected chi connectivity index (χ4v) is 9.05. The Hall–Kier alpha value is -5.65. The molecule has 17 heteroatoms. The van der Waals surface area contributed by atoms with E-state index in [1.165, 1.54) is 0 Å². The molecule has 1 aromatic heterocycles. The van der Waals surface area contributed by atoms with Crippen LogP contribution in [-0.4, -0.2) is 140 Å². The van der Waals surface area contributed by atoms with Crippen molar-refractivity contribution < 1.29 is 27.6 Å². The fourth-order valence-electron chi connectivity index (χ4n) is 8.49. The first-order valence-corrected chi connectivity index (χ1v) is 21.3. The molecule has 5 aliphatic rings. The first kappa shape index (κ1) is 37.0. The number of hydrogen-bond acceptors (Lipinski definition) is 13. The summed E-state index contributed by atoms with van der Waals surface area (Å²) in [6.45, 7) is 7.97. The lowest BCUT2D eigenvalue weighted by atomic mass is 10.0. The number of aromatic nitrogens is 2. The standard InChI is InChI=1S/C40H44N10O6S/c1-57(55,56)45-26-8-6-25(7-9-26)14-15-41-36-31-4-2-3-5-33(31)42-40(44-36)49-23-29(24-49)47-18-16-46(17-19-47)28-21-48(22-28)27-10-11-30-32(20-27)39(54)50(38(30)53)34-12-13-35(51)43-37(34)52/h2-11,20,28-29,34,45H,12-19,21-24H2,1H3,(H,41,42,44)(H,43,51,52). The molecule has 0 bridgehead atoms. The van der Waals surface area contributed by atoms with Gasteiger partial charge in [-0.15, -0.1) is 0 Å². The van der Waals surface area contributed by atoms with Crippen LogP contribution in [-0.2, 0) is 26.0 Å². The monoisotopic (exact) mass is 792 g/mol. The average molecular weight is 793 g/mol. The van der Waals surface area contributed by atoms with Gasteiger partial charge in [-0.3, -0.25) is 43.9 Å². The van der Waals surface area contributed by atoms with Gasteiger partial charge in [0.2, 0.25) is 27.8 Å². The molecule has 296 valence electrons. The highest BCUT2D eigenvalue weighted by Gasteiger charge is 2.45. The zero-order valence-corrected chi connectivity index (χ0v) is 32.4. The second-order valence-corrected chi connectivity index (χ2v) is 17.3. The van der Waals surface area contributed by atoms with Gasteiger partial charge in [0.25, 0.3) is 11.8 Å². The summed E-state index contributed by atoms with van der Waals surface area (Å²) in [5.41, 5.74) is 4.00. The number of sulfonamides is 1. The van der Waals surface area contributed by atoms with E-state index < -0.39 is 39.7 Å². The van der Waals surface area contributed by atoms with E-state index in [1.54, 1.807) is 24.3 Å². The molecule has 0 spiro atoms. The van der Waals surface area contributed by atoms with Crippen LogP contribution in [0.3, 0.4) is 0 Å². The molecule has 4 saturated heterocycles. The van der Waals surface area contributed by atoms with Crippen molar-refractivity contribution in [3.63, 3.8) is 0 Å². The van der Waals surface area contributed by atoms with Crippen LogP contribution in [0.1, 0.15) is 39.1 Å². The molecule has 3 N–H and O–H groups in total. The number of amides is 4. The van der Waals surface area contributed by atoms with Crippen molar-refractivity contribution in [2.45, 2.75) is 37.4 Å². The van der Waals surface area contributed by atoms with E-state index in [1.807, 2.05) is 42.5 Å². The Morgan fingerprint density at radius 3 is 2.14 bits per heavy atom. The summed E-state index contributed by atoms with van der Waals surface area (Å²) in [4.78, 5) is 70.9. The molecule has 9 rings (SSSR count). The summed E-state index contributed by atoms with van der Waals surface area (Å²) in [7, 11) is -3.32. The molecule has 3 aromatic carbocycles. The van der Waals surface area contributed by atoms with Gasteiger partial charge in [0.05, 0.1) is 22.9 Å². The number of imide groups is 2. The van der Waals surface area contributed by atoms with Crippen molar-refractivity contribution in [1.82, 2.24) is 30.0 Å². The third kappa shape index (κ3) is 7.37. The Bertz CT molecular complexity index is 2370. The lowest BCUT2D eigenvalue weighted by Crippen LogP contribution is -2.67. The van der Waals surface area contributed by atoms with E-state index in [4.69, 9.17) is 9.97 Å². The maximum atomic E-state index is 13.3. The highest BCUT2D eigenvalue weighted by molar-refractivity contribution is 7.92. The lowest BCUT2D eigenvalue weighted by molar-refractivity contribution is -0.136. The third-order valence-corrected chi connectivity index (χ3v) is 12.3. The molecule has 6 heterocycles. The molecular weight excluding hydrogens is 749 g/mol. The molecule has 1 unspecified atom stereocenters. The van der Waals surface area contributed by atoms with Crippen LogP contribution in [0.2, 0.25) is 0 Å². The topological polar surface area (TPSA) is 180 Å². The van der Waals surface area contributed by atoms with Crippen LogP contribution in [0, 0.1) is 0 Å². The summed E-state index contributed by atoms with van der Waals surface area (Å²) in [5.74, 6) is -0.455. The van der Waals surface area contributed by atoms with Crippen LogP contribution in [0.25, 0.3) is 10.9 Å². The Kier molecular flexibility index (Phi) is 9.53. The average Bonchev–Trinajstić information content (AvgIpc) is 3.39. The number of nitrogens with zero attached hydrogens (tertiary/aromatic N) is 7. The highest BCUT2D eigenvalue weighted by atomic mass is 32.2. The lowest BCUT2D eigenvalue weighted by Gasteiger charge is -2.52. The summed E-state index contributed by atoms with van der Waals surface area (Å²) < 4.78 is 25.6. The fraction of sp³-hybridized carbons (Fsp3) is 0.400. The van der Waals surface area contributed by atoms with Gasteiger partial charge in [0.1, 0.15) is 11.9 Å². The normalized spacial score (nSPS) is 21.1. The summed E-state index contributed by atoms with van der Waals surface area (Å²) in [6.07, 6.45) is 2.11. The van der Waals surface area contributed by atoms with E-state index in [0.29, 0.717) is 35.4 Å². The van der Waals surface area contributed by atoms with Crippen LogP contribution in [0.15, 0.2) is 66.7 Å². The van der Waals surface area contributed by atoms with Gasteiger partial charge >= 0.3 is 0 Å². The number of piperidine rings is 1. The van der Waals surface area contributed by atoms with Crippen LogP contribution in [0.4, 0.5) is 23.1 Å². The van der Waals surface area contributed by atoms with Gasteiger partial charge in [0, 0.05) is 94.2 Å². The minimum absolute atomic E-state index is 0.0919. The predicted octanol–water partition coefficient (Wildman–Crippen LogP) is 1.75. The third-order valence-electron chi connectivity index (χ3n) is 11.7. The molecule has 4 fully saturated rings. The number of anilines is 4. The first-order chi connectivity index (χ1) is 27.5. The molecule has 4 amide bonds. The maximum Gasteiger partial charge on any atom is 0.262 e. The number of para-hydroxylation sites is 1. The number of benzene rings is 3. The zero-order valence-electron chi connectivity index (χ0n) is 31.6. The zero-order chi connectivity index (χ0) is 39.4. The quantitative estimate of drug-likeness (QED) is 0.187. The van der Waals surface area contributed by atoms with Gasteiger partial charge in [-0.05, 0) is 60.9 Å². The van der Waals surface area contributed by atoms with E-state index >= 15 is 0 Å². The Labute approximate surface area is 330 Å². The highest BCUT2D eigenvalue weighted by Crippen LogP contribution is 2.33. The minimum atomic E-state index is -3.32. The van der Waals surface area contributed by atoms with E-state index in [2.05, 4.69) is 35.0 Å². The van der Waals surface area contributed by atoms with Crippen molar-refractivity contribution in [2.75, 3.05) is 85.0 Å².